The Kier molecular flexibility index (Phi) is 7.41. The van der Waals surface area contributed by atoms with E-state index in [0.717, 1.165) is 54.2 Å². The van der Waals surface area contributed by atoms with Crippen LogP contribution in [-0.4, -0.2) is 22.9 Å². The highest BCUT2D eigenvalue weighted by Gasteiger charge is 2.62. The van der Waals surface area contributed by atoms with Crippen molar-refractivity contribution in [1.29, 1.82) is 0 Å². The van der Waals surface area contributed by atoms with Crippen LogP contribution >= 0.6 is 22.9 Å². The molecule has 4 aliphatic carbocycles. The number of thiophene rings is 1. The topological polar surface area (TPSA) is 66.4 Å². The van der Waals surface area contributed by atoms with E-state index in [1.807, 2.05) is 12.1 Å². The van der Waals surface area contributed by atoms with Crippen LogP contribution in [-0.2, 0) is 9.59 Å². The third kappa shape index (κ3) is 4.49. The number of amides is 1. The summed E-state index contributed by atoms with van der Waals surface area (Å²) in [5.74, 6) is 3.10. The molecule has 2 N–H and O–H groups in total. The summed E-state index contributed by atoms with van der Waals surface area (Å²) in [7, 11) is 0. The molecule has 4 aliphatic rings. The van der Waals surface area contributed by atoms with Crippen LogP contribution in [0.5, 0.6) is 0 Å². The third-order valence-corrected chi connectivity index (χ3v) is 12.8. The first-order valence-electron chi connectivity index (χ1n) is 14.3. The summed E-state index contributed by atoms with van der Waals surface area (Å²) in [5, 5.41) is 14.7. The number of hydrogen-bond acceptors (Lipinski definition) is 4. The SMILES string of the molecule is CC[C@H](NC(=O)C[C@@H](C)[C@H]1CC[C@H]2[C@@H]3[C@H](O)C[C@@H]4CC(=O)CC[C@]4(C)[C@H]3CC[C@]12C)c1ccc(Cl)s1. The Balaban J connectivity index is 1.27. The molecule has 36 heavy (non-hydrogen) atoms. The Labute approximate surface area is 226 Å². The monoisotopic (exact) mass is 533 g/mol. The van der Waals surface area contributed by atoms with Crippen molar-refractivity contribution in [3.63, 3.8) is 0 Å². The van der Waals surface area contributed by atoms with Gasteiger partial charge in [0.05, 0.1) is 16.5 Å². The lowest BCUT2D eigenvalue weighted by Crippen LogP contribution is -2.58. The van der Waals surface area contributed by atoms with Crippen molar-refractivity contribution in [2.75, 3.05) is 0 Å². The van der Waals surface area contributed by atoms with E-state index in [4.69, 9.17) is 11.6 Å². The minimum atomic E-state index is -0.288. The number of aliphatic hydroxyl groups is 1. The normalized spacial score (nSPS) is 41.7. The molecule has 4 nitrogen and oxygen atoms in total. The molecule has 4 saturated carbocycles. The van der Waals surface area contributed by atoms with E-state index in [-0.39, 0.29) is 28.9 Å². The maximum Gasteiger partial charge on any atom is 0.220 e. The van der Waals surface area contributed by atoms with Crippen LogP contribution in [0.25, 0.3) is 0 Å². The van der Waals surface area contributed by atoms with Gasteiger partial charge in [0.25, 0.3) is 0 Å². The highest BCUT2D eigenvalue weighted by Crippen LogP contribution is 2.68. The van der Waals surface area contributed by atoms with Gasteiger partial charge >= 0.3 is 0 Å². The van der Waals surface area contributed by atoms with Gasteiger partial charge in [-0.2, -0.15) is 0 Å². The third-order valence-electron chi connectivity index (χ3n) is 11.4. The summed E-state index contributed by atoms with van der Waals surface area (Å²) in [6, 6.07) is 3.95. The van der Waals surface area contributed by atoms with Gasteiger partial charge in [-0.1, -0.05) is 39.3 Å². The van der Waals surface area contributed by atoms with E-state index in [1.54, 1.807) is 11.3 Å². The quantitative estimate of drug-likeness (QED) is 0.406. The van der Waals surface area contributed by atoms with Gasteiger partial charge in [-0.05, 0) is 103 Å². The molecule has 0 bridgehead atoms. The van der Waals surface area contributed by atoms with Crippen molar-refractivity contribution in [1.82, 2.24) is 5.32 Å². The van der Waals surface area contributed by atoms with Crippen LogP contribution in [0.3, 0.4) is 0 Å². The van der Waals surface area contributed by atoms with E-state index in [2.05, 4.69) is 33.0 Å². The molecular formula is C30H44ClNO3S. The summed E-state index contributed by atoms with van der Waals surface area (Å²) in [6.07, 6.45) is 8.97. The summed E-state index contributed by atoms with van der Waals surface area (Å²) in [6.45, 7) is 9.27. The number of fused-ring (bicyclic) bond motifs is 5. The highest BCUT2D eigenvalue weighted by atomic mass is 35.5. The number of Topliss-reactive ketones (excluding diaryl/α,β-unsaturated/α-hetero) is 1. The predicted molar refractivity (Wildman–Crippen MR) is 146 cm³/mol. The second kappa shape index (κ2) is 10.0. The first kappa shape index (κ1) is 26.7. The molecule has 5 rings (SSSR count). The van der Waals surface area contributed by atoms with Gasteiger partial charge in [0.15, 0.2) is 0 Å². The molecule has 0 saturated heterocycles. The summed E-state index contributed by atoms with van der Waals surface area (Å²) < 4.78 is 0.761. The molecule has 10 atom stereocenters. The van der Waals surface area contributed by atoms with Crippen molar-refractivity contribution in [3.05, 3.63) is 21.3 Å². The number of ketones is 1. The summed E-state index contributed by atoms with van der Waals surface area (Å²) in [4.78, 5) is 26.5. The lowest BCUT2D eigenvalue weighted by atomic mass is 9.44. The number of nitrogens with one attached hydrogen (secondary N) is 1. The lowest BCUT2D eigenvalue weighted by molar-refractivity contribution is -0.169. The molecule has 200 valence electrons. The number of rotatable bonds is 6. The van der Waals surface area contributed by atoms with Gasteiger partial charge < -0.3 is 10.4 Å². The molecule has 0 aliphatic heterocycles. The highest BCUT2D eigenvalue weighted by molar-refractivity contribution is 7.16. The van der Waals surface area contributed by atoms with E-state index in [9.17, 15) is 14.7 Å². The van der Waals surface area contributed by atoms with E-state index in [0.29, 0.717) is 54.1 Å². The van der Waals surface area contributed by atoms with E-state index < -0.39 is 0 Å². The molecule has 1 aromatic rings. The first-order valence-corrected chi connectivity index (χ1v) is 15.5. The molecule has 1 aromatic heterocycles. The second-order valence-electron chi connectivity index (χ2n) is 13.1. The Morgan fingerprint density at radius 2 is 1.94 bits per heavy atom. The predicted octanol–water partition coefficient (Wildman–Crippen LogP) is 7.19. The maximum atomic E-state index is 13.1. The Bertz CT molecular complexity index is 995. The number of aliphatic hydroxyl groups excluding tert-OH is 1. The second-order valence-corrected chi connectivity index (χ2v) is 14.9. The minimum absolute atomic E-state index is 0.0259. The number of hydrogen-bond donors (Lipinski definition) is 2. The summed E-state index contributed by atoms with van der Waals surface area (Å²) >= 11 is 7.68. The molecule has 0 aromatic carbocycles. The number of carbonyl (C=O) groups excluding carboxylic acids is 2. The van der Waals surface area contributed by atoms with Crippen LogP contribution < -0.4 is 5.32 Å². The van der Waals surface area contributed by atoms with E-state index >= 15 is 0 Å². The van der Waals surface area contributed by atoms with Gasteiger partial charge in [0.2, 0.25) is 5.91 Å². The van der Waals surface area contributed by atoms with Gasteiger partial charge in [-0.25, -0.2) is 0 Å². The van der Waals surface area contributed by atoms with Crippen LogP contribution in [0.15, 0.2) is 12.1 Å². The van der Waals surface area contributed by atoms with Crippen LogP contribution in [0.1, 0.15) is 103 Å². The van der Waals surface area contributed by atoms with Gasteiger partial charge in [0, 0.05) is 24.1 Å². The molecular weight excluding hydrogens is 490 g/mol. The van der Waals surface area contributed by atoms with Gasteiger partial charge in [-0.3, -0.25) is 9.59 Å². The fourth-order valence-corrected chi connectivity index (χ4v) is 10.8. The Morgan fingerprint density at radius 3 is 2.64 bits per heavy atom. The van der Waals surface area contributed by atoms with Crippen molar-refractivity contribution in [2.24, 2.45) is 46.3 Å². The molecule has 1 amide bonds. The first-order chi connectivity index (χ1) is 17.1. The van der Waals surface area contributed by atoms with Crippen molar-refractivity contribution in [3.8, 4) is 0 Å². The lowest BCUT2D eigenvalue weighted by Gasteiger charge is -2.61. The molecule has 0 unspecified atom stereocenters. The molecule has 0 spiro atoms. The van der Waals surface area contributed by atoms with Gasteiger partial charge in [-0.15, -0.1) is 11.3 Å². The fraction of sp³-hybridized carbons (Fsp3) is 0.800. The minimum Gasteiger partial charge on any atom is -0.393 e. The standard InChI is InChI=1S/C30H44ClNO3S/c1-5-23(25-8-9-26(31)36-25)32-27(35)14-17(2)20-6-7-21-28-22(11-13-30(20,21)4)29(3)12-10-19(33)15-18(29)16-24(28)34/h8-9,17-18,20-24,28,34H,5-7,10-16H2,1-4H3,(H,32,35)/t17-,18+,20-,21+,22+,23+,24-,28+,29+,30-/m1/s1. The molecule has 0 radical (unpaired) electrons. The zero-order chi connectivity index (χ0) is 25.8. The van der Waals surface area contributed by atoms with Crippen molar-refractivity contribution in [2.45, 2.75) is 104 Å². The van der Waals surface area contributed by atoms with Crippen molar-refractivity contribution >= 4 is 34.6 Å². The zero-order valence-electron chi connectivity index (χ0n) is 22.4. The summed E-state index contributed by atoms with van der Waals surface area (Å²) in [5.41, 5.74) is 0.379. The van der Waals surface area contributed by atoms with E-state index in [1.165, 1.54) is 6.42 Å². The van der Waals surface area contributed by atoms with Crippen molar-refractivity contribution < 1.29 is 14.7 Å². The van der Waals surface area contributed by atoms with Crippen LogP contribution in [0, 0.1) is 46.3 Å². The van der Waals surface area contributed by atoms with Crippen LogP contribution in [0.2, 0.25) is 4.34 Å². The average Bonchev–Trinajstić information content (AvgIpc) is 3.41. The number of carbonyl (C=O) groups is 2. The smallest absolute Gasteiger partial charge is 0.220 e. The van der Waals surface area contributed by atoms with Crippen LogP contribution in [0.4, 0.5) is 0 Å². The Morgan fingerprint density at radius 1 is 1.19 bits per heavy atom. The maximum absolute atomic E-state index is 13.1. The zero-order valence-corrected chi connectivity index (χ0v) is 24.0. The Hall–Kier alpha value is -0.910. The van der Waals surface area contributed by atoms with Gasteiger partial charge in [0.1, 0.15) is 5.78 Å². The molecule has 1 heterocycles. The molecule has 6 heteroatoms. The number of halogens is 1. The largest absolute Gasteiger partial charge is 0.393 e. The fourth-order valence-electron chi connectivity index (χ4n) is 9.57. The average molecular weight is 534 g/mol. The molecule has 4 fully saturated rings.